The largest absolute Gasteiger partial charge is 0.475 e. The van der Waals surface area contributed by atoms with Crippen LogP contribution < -0.4 is 0 Å². The van der Waals surface area contributed by atoms with Gasteiger partial charge in [0.25, 0.3) is 0 Å². The lowest BCUT2D eigenvalue weighted by atomic mass is 9.82. The number of nitriles is 2. The van der Waals surface area contributed by atoms with Gasteiger partial charge >= 0.3 is 0 Å². The minimum Gasteiger partial charge on any atom is -0.475 e. The second-order valence-electron chi connectivity index (χ2n) is 11.7. The van der Waals surface area contributed by atoms with Crippen LogP contribution in [0.15, 0.2) is 77.5 Å². The molecular formula is C34H33ClFN7O2. The number of rotatable bonds is 6. The third-order valence-electron chi connectivity index (χ3n) is 9.17. The Bertz CT molecular complexity index is 1750. The lowest BCUT2D eigenvalue weighted by Gasteiger charge is -2.45. The molecule has 6 rings (SSSR count). The number of nitrogens with zero attached hydrogens (tertiary/aromatic N) is 7. The molecule has 0 radical (unpaired) electrons. The third-order valence-corrected chi connectivity index (χ3v) is 9.48. The van der Waals surface area contributed by atoms with Gasteiger partial charge in [-0.05, 0) is 50.7 Å². The highest BCUT2D eigenvalue weighted by Gasteiger charge is 2.41. The lowest BCUT2D eigenvalue weighted by Crippen LogP contribution is -2.55. The van der Waals surface area contributed by atoms with Crippen LogP contribution in [0.5, 0.6) is 0 Å². The van der Waals surface area contributed by atoms with Gasteiger partial charge in [-0.25, -0.2) is 9.38 Å². The van der Waals surface area contributed by atoms with Gasteiger partial charge in [-0.2, -0.15) is 10.5 Å². The van der Waals surface area contributed by atoms with E-state index in [1.807, 2.05) is 17.0 Å². The van der Waals surface area contributed by atoms with Gasteiger partial charge in [0.15, 0.2) is 0 Å². The summed E-state index contributed by atoms with van der Waals surface area (Å²) in [6.07, 6.45) is 9.97. The van der Waals surface area contributed by atoms with Crippen LogP contribution in [0, 0.1) is 28.6 Å². The standard InChI is InChI=1S/C34H33ClFN7O2/c1-3-31(44)43-13-12-42(19-22(43)9-10-37)33-25-14-29(36)24(27-18-39-17-21-6-4-8-28(35)32(21)27)15-30(25)40-34(26(33)16-38)45-20-23-7-5-11-41(23)2/h3-4,6,8,14-15,17-18,22-23,25,30H,1,5,7,9,11-13,19-20H2,2H3/t22-,23-,25?,30?/m0/s1. The van der Waals surface area contributed by atoms with Gasteiger partial charge in [0, 0.05) is 76.6 Å². The summed E-state index contributed by atoms with van der Waals surface area (Å²) in [4.78, 5) is 27.7. The number of aliphatic imine (C=N–C) groups is 1. The van der Waals surface area contributed by atoms with Crippen LogP contribution in [-0.2, 0) is 9.53 Å². The van der Waals surface area contributed by atoms with Crippen LogP contribution >= 0.6 is 11.6 Å². The SMILES string of the molecule is C=CC(=O)N1CCN(C2=C(C#N)C(OC[C@@H]3CCCN3C)=NC3C=C(c4cncc5cccc(Cl)c45)C(F)=CC23)C[C@@H]1CC#N. The Labute approximate surface area is 266 Å². The van der Waals surface area contributed by atoms with Crippen LogP contribution in [0.1, 0.15) is 24.8 Å². The topological polar surface area (TPSA) is 109 Å². The molecule has 4 heterocycles. The normalized spacial score (nSPS) is 25.1. The van der Waals surface area contributed by atoms with Crippen molar-refractivity contribution >= 4 is 39.8 Å². The van der Waals surface area contributed by atoms with Gasteiger partial charge in [-0.3, -0.25) is 9.78 Å². The number of benzene rings is 1. The number of carbonyl (C=O) groups is 1. The third kappa shape index (κ3) is 5.72. The van der Waals surface area contributed by atoms with Crippen molar-refractivity contribution in [3.05, 3.63) is 83.1 Å². The molecule has 0 N–H and O–H groups in total. The van der Waals surface area contributed by atoms with Crippen molar-refractivity contribution in [2.24, 2.45) is 10.9 Å². The number of likely N-dealkylation sites (tertiary alicyclic amines) is 1. The number of dihydropyridines is 1. The summed E-state index contributed by atoms with van der Waals surface area (Å²) in [6, 6.07) is 9.15. The summed E-state index contributed by atoms with van der Waals surface area (Å²) in [7, 11) is 2.05. The first kappa shape index (κ1) is 30.5. The van der Waals surface area contributed by atoms with Gasteiger partial charge < -0.3 is 19.4 Å². The number of hydrogen-bond donors (Lipinski definition) is 0. The molecule has 0 spiro atoms. The predicted octanol–water partition coefficient (Wildman–Crippen LogP) is 5.04. The molecule has 3 aliphatic heterocycles. The average molecular weight is 626 g/mol. The zero-order chi connectivity index (χ0) is 31.7. The van der Waals surface area contributed by atoms with Crippen molar-refractivity contribution in [3.63, 3.8) is 0 Å². The molecule has 11 heteroatoms. The fraction of sp³-hybridized carbons (Fsp3) is 0.382. The summed E-state index contributed by atoms with van der Waals surface area (Å²) in [5.74, 6) is -1.11. The van der Waals surface area contributed by atoms with Crippen molar-refractivity contribution in [2.45, 2.75) is 37.4 Å². The zero-order valence-corrected chi connectivity index (χ0v) is 25.8. The summed E-state index contributed by atoms with van der Waals surface area (Å²) in [6.45, 7) is 5.96. The number of piperazine rings is 1. The minimum absolute atomic E-state index is 0.105. The Morgan fingerprint density at radius 3 is 2.80 bits per heavy atom. The van der Waals surface area contributed by atoms with E-state index in [1.54, 1.807) is 29.4 Å². The first-order valence-electron chi connectivity index (χ1n) is 15.1. The van der Waals surface area contributed by atoms with Crippen molar-refractivity contribution in [1.29, 1.82) is 10.5 Å². The van der Waals surface area contributed by atoms with Crippen LogP contribution in [0.3, 0.4) is 0 Å². The van der Waals surface area contributed by atoms with Crippen molar-refractivity contribution < 1.29 is 13.9 Å². The summed E-state index contributed by atoms with van der Waals surface area (Å²) < 4.78 is 22.6. The van der Waals surface area contributed by atoms with Crippen LogP contribution in [0.4, 0.5) is 4.39 Å². The number of halogens is 2. The van der Waals surface area contributed by atoms with Crippen molar-refractivity contribution in [3.8, 4) is 12.1 Å². The maximum absolute atomic E-state index is 16.2. The van der Waals surface area contributed by atoms with E-state index in [2.05, 4.69) is 35.6 Å². The van der Waals surface area contributed by atoms with Gasteiger partial charge in [-0.1, -0.05) is 30.3 Å². The van der Waals surface area contributed by atoms with Crippen LogP contribution in [0.25, 0.3) is 16.3 Å². The second-order valence-corrected chi connectivity index (χ2v) is 12.1. The van der Waals surface area contributed by atoms with E-state index in [4.69, 9.17) is 21.3 Å². The highest BCUT2D eigenvalue weighted by atomic mass is 35.5. The maximum atomic E-state index is 16.2. The Kier molecular flexibility index (Phi) is 8.71. The molecule has 2 fully saturated rings. The van der Waals surface area contributed by atoms with Crippen LogP contribution in [-0.4, -0.2) is 89.4 Å². The molecule has 4 atom stereocenters. The molecule has 1 amide bonds. The van der Waals surface area contributed by atoms with Gasteiger partial charge in [0.05, 0.1) is 24.6 Å². The van der Waals surface area contributed by atoms with E-state index in [1.165, 1.54) is 12.2 Å². The molecule has 230 valence electrons. The van der Waals surface area contributed by atoms with Crippen molar-refractivity contribution in [1.82, 2.24) is 19.7 Å². The summed E-state index contributed by atoms with van der Waals surface area (Å²) >= 11 is 6.60. The number of pyridine rings is 1. The number of ether oxygens (including phenoxy) is 1. The Balaban J connectivity index is 1.42. The molecule has 2 saturated heterocycles. The number of hydrogen-bond acceptors (Lipinski definition) is 8. The Hall–Kier alpha value is -4.51. The van der Waals surface area contributed by atoms with E-state index in [9.17, 15) is 15.3 Å². The first-order valence-corrected chi connectivity index (χ1v) is 15.4. The molecular weight excluding hydrogens is 593 g/mol. The lowest BCUT2D eigenvalue weighted by molar-refractivity contribution is -0.130. The van der Waals surface area contributed by atoms with E-state index < -0.39 is 23.8 Å². The number of amides is 1. The molecule has 2 aromatic rings. The molecule has 1 aromatic heterocycles. The quantitative estimate of drug-likeness (QED) is 0.414. The molecule has 9 nitrogen and oxygen atoms in total. The highest BCUT2D eigenvalue weighted by Crippen LogP contribution is 2.43. The Morgan fingerprint density at radius 2 is 2.07 bits per heavy atom. The van der Waals surface area contributed by atoms with E-state index in [-0.39, 0.29) is 29.8 Å². The number of likely N-dealkylation sites (N-methyl/N-ethyl adjacent to an activating group) is 1. The number of aromatic nitrogens is 1. The predicted molar refractivity (Wildman–Crippen MR) is 170 cm³/mol. The first-order chi connectivity index (χ1) is 21.8. The zero-order valence-electron chi connectivity index (χ0n) is 25.0. The molecule has 1 aliphatic carbocycles. The molecule has 45 heavy (non-hydrogen) atoms. The molecule has 2 unspecified atom stereocenters. The second kappa shape index (κ2) is 12.8. The number of carbonyl (C=O) groups excluding carboxylic acids is 1. The smallest absolute Gasteiger partial charge is 0.246 e. The number of fused-ring (bicyclic) bond motifs is 2. The van der Waals surface area contributed by atoms with E-state index in [0.717, 1.165) is 24.8 Å². The average Bonchev–Trinajstić information content (AvgIpc) is 3.46. The molecule has 4 aliphatic rings. The molecule has 0 bridgehead atoms. The van der Waals surface area contributed by atoms with Gasteiger partial charge in [0.2, 0.25) is 11.8 Å². The Morgan fingerprint density at radius 1 is 1.22 bits per heavy atom. The maximum Gasteiger partial charge on any atom is 0.246 e. The highest BCUT2D eigenvalue weighted by molar-refractivity contribution is 6.36. The van der Waals surface area contributed by atoms with E-state index >= 15 is 4.39 Å². The fourth-order valence-corrected chi connectivity index (χ4v) is 7.14. The summed E-state index contributed by atoms with van der Waals surface area (Å²) in [5, 5.41) is 22.0. The van der Waals surface area contributed by atoms with E-state index in [0.29, 0.717) is 53.5 Å². The minimum atomic E-state index is -0.604. The van der Waals surface area contributed by atoms with Gasteiger partial charge in [-0.15, -0.1) is 0 Å². The molecule has 0 saturated carbocycles. The summed E-state index contributed by atoms with van der Waals surface area (Å²) in [5.41, 5.74) is 1.70. The van der Waals surface area contributed by atoms with Crippen molar-refractivity contribution in [2.75, 3.05) is 39.8 Å². The number of allylic oxidation sites excluding steroid dienone is 2. The van der Waals surface area contributed by atoms with Gasteiger partial charge in [0.1, 0.15) is 24.1 Å². The van der Waals surface area contributed by atoms with Crippen LogP contribution in [0.2, 0.25) is 5.02 Å². The molecule has 1 aromatic carbocycles. The fourth-order valence-electron chi connectivity index (χ4n) is 6.86. The monoisotopic (exact) mass is 625 g/mol.